The molecule has 0 aliphatic rings. The van der Waals surface area contributed by atoms with Crippen molar-refractivity contribution < 1.29 is 18.0 Å². The summed E-state index contributed by atoms with van der Waals surface area (Å²) >= 11 is 0.817. The van der Waals surface area contributed by atoms with Crippen LogP contribution in [0.1, 0.15) is 0 Å². The summed E-state index contributed by atoms with van der Waals surface area (Å²) in [6.07, 6.45) is 0. The van der Waals surface area contributed by atoms with Crippen molar-refractivity contribution in [1.82, 2.24) is 0 Å². The Morgan fingerprint density at radius 1 is 1.33 bits per heavy atom. The van der Waals surface area contributed by atoms with Crippen LogP contribution in [0.4, 0.5) is 18.9 Å². The minimum atomic E-state index is -1.65. The molecule has 0 saturated heterocycles. The van der Waals surface area contributed by atoms with E-state index in [0.717, 1.165) is 17.8 Å². The summed E-state index contributed by atoms with van der Waals surface area (Å²) in [5.74, 6) is -0.462. The van der Waals surface area contributed by atoms with Crippen molar-refractivity contribution in [2.75, 3.05) is 11.1 Å². The quantitative estimate of drug-likeness (QED) is 0.252. The second kappa shape index (κ2) is 6.15. The second-order valence-corrected chi connectivity index (χ2v) is 4.02. The average molecular weight is 278 g/mol. The lowest BCUT2D eigenvalue weighted by Crippen LogP contribution is -2.19. The minimum absolute atomic E-state index is 0.0316. The molecule has 0 spiro atoms. The summed E-state index contributed by atoms with van der Waals surface area (Å²) < 4.78 is 38.6. The van der Waals surface area contributed by atoms with Crippen molar-refractivity contribution in [2.45, 2.75) is 0 Å². The molecule has 9 heteroatoms. The van der Waals surface area contributed by atoms with Crippen LogP contribution in [-0.2, 0) is 4.79 Å². The lowest BCUT2D eigenvalue weighted by atomic mass is 10.3. The summed E-state index contributed by atoms with van der Waals surface area (Å²) in [4.78, 5) is 11.3. The maximum absolute atomic E-state index is 13.2. The zero-order chi connectivity index (χ0) is 13.7. The number of nitrogens with two attached hydrogens (primary N) is 2. The molecule has 1 aromatic rings. The Hall–Kier alpha value is -1.90. The molecule has 1 aromatic carbocycles. The SMILES string of the molecule is NN=C(N)SCC(=O)Nc1ccc(F)c(F)c1F. The third-order valence-corrected chi connectivity index (χ3v) is 2.60. The molecule has 0 aliphatic heterocycles. The summed E-state index contributed by atoms with van der Waals surface area (Å²) in [5.41, 5.74) is 4.76. The highest BCUT2D eigenvalue weighted by atomic mass is 32.2. The van der Waals surface area contributed by atoms with Gasteiger partial charge in [-0.15, -0.1) is 0 Å². The van der Waals surface area contributed by atoms with E-state index in [4.69, 9.17) is 11.6 Å². The van der Waals surface area contributed by atoms with E-state index in [-0.39, 0.29) is 10.9 Å². The zero-order valence-electron chi connectivity index (χ0n) is 8.91. The lowest BCUT2D eigenvalue weighted by molar-refractivity contribution is -0.113. The predicted molar refractivity (Wildman–Crippen MR) is 63.2 cm³/mol. The van der Waals surface area contributed by atoms with Crippen LogP contribution in [-0.4, -0.2) is 16.8 Å². The fourth-order valence-corrected chi connectivity index (χ4v) is 1.41. The number of nitrogens with one attached hydrogen (secondary N) is 1. The molecule has 0 bridgehead atoms. The molecule has 1 rings (SSSR count). The molecule has 0 fully saturated rings. The number of amides is 1. The van der Waals surface area contributed by atoms with Crippen LogP contribution in [0.5, 0.6) is 0 Å². The van der Waals surface area contributed by atoms with Gasteiger partial charge < -0.3 is 16.9 Å². The standard InChI is InChI=1S/C9H9F3N4OS/c10-4-1-2-5(8(12)7(4)11)15-6(17)3-18-9(13)16-14/h1-2H,3,14H2,(H2,13,16)(H,15,17). The first-order chi connectivity index (χ1) is 8.45. The number of rotatable bonds is 3. The Labute approximate surface area is 104 Å². The van der Waals surface area contributed by atoms with Gasteiger partial charge in [0.05, 0.1) is 11.4 Å². The molecular weight excluding hydrogens is 269 g/mol. The average Bonchev–Trinajstić information content (AvgIpc) is 2.36. The lowest BCUT2D eigenvalue weighted by Gasteiger charge is -2.06. The first-order valence-corrected chi connectivity index (χ1v) is 5.53. The fourth-order valence-electron chi connectivity index (χ4n) is 0.985. The van der Waals surface area contributed by atoms with Crippen LogP contribution in [0.3, 0.4) is 0 Å². The van der Waals surface area contributed by atoms with E-state index in [1.807, 2.05) is 0 Å². The topological polar surface area (TPSA) is 93.5 Å². The fraction of sp³-hybridized carbons (Fsp3) is 0.111. The summed E-state index contributed by atoms with van der Waals surface area (Å²) in [5, 5.41) is 5.14. The molecule has 5 nitrogen and oxygen atoms in total. The maximum Gasteiger partial charge on any atom is 0.234 e. The number of hydrazone groups is 1. The van der Waals surface area contributed by atoms with E-state index in [1.165, 1.54) is 0 Å². The highest BCUT2D eigenvalue weighted by Gasteiger charge is 2.15. The molecule has 0 unspecified atom stereocenters. The number of thioether (sulfide) groups is 1. The largest absolute Gasteiger partial charge is 0.377 e. The number of amidine groups is 1. The Balaban J connectivity index is 2.68. The summed E-state index contributed by atoms with van der Waals surface area (Å²) in [6, 6.07) is 1.62. The molecular formula is C9H9F3N4OS. The van der Waals surface area contributed by atoms with E-state index in [2.05, 4.69) is 10.4 Å². The van der Waals surface area contributed by atoms with Gasteiger partial charge in [-0.3, -0.25) is 4.79 Å². The van der Waals surface area contributed by atoms with Crippen molar-refractivity contribution in [1.29, 1.82) is 0 Å². The molecule has 0 atom stereocenters. The van der Waals surface area contributed by atoms with Crippen molar-refractivity contribution in [2.24, 2.45) is 16.7 Å². The van der Waals surface area contributed by atoms with Crippen molar-refractivity contribution in [3.63, 3.8) is 0 Å². The highest BCUT2D eigenvalue weighted by Crippen LogP contribution is 2.19. The van der Waals surface area contributed by atoms with Gasteiger partial charge in [0.1, 0.15) is 0 Å². The van der Waals surface area contributed by atoms with Gasteiger partial charge in [-0.05, 0) is 12.1 Å². The number of carbonyl (C=O) groups is 1. The van der Waals surface area contributed by atoms with E-state index in [0.29, 0.717) is 6.07 Å². The van der Waals surface area contributed by atoms with Gasteiger partial charge in [-0.25, -0.2) is 13.2 Å². The van der Waals surface area contributed by atoms with Crippen LogP contribution in [0.15, 0.2) is 17.2 Å². The zero-order valence-corrected chi connectivity index (χ0v) is 9.73. The molecule has 98 valence electrons. The van der Waals surface area contributed by atoms with Gasteiger partial charge in [0.15, 0.2) is 22.6 Å². The summed E-state index contributed by atoms with van der Waals surface area (Å²) in [7, 11) is 0. The number of hydrogen-bond acceptors (Lipinski definition) is 4. The normalized spacial score (nSPS) is 11.4. The van der Waals surface area contributed by atoms with Crippen molar-refractivity contribution >= 4 is 28.5 Å². The monoisotopic (exact) mass is 278 g/mol. The molecule has 0 aromatic heterocycles. The van der Waals surface area contributed by atoms with E-state index < -0.39 is 29.0 Å². The second-order valence-electron chi connectivity index (χ2n) is 3.03. The first kappa shape index (κ1) is 14.2. The maximum atomic E-state index is 13.2. The van der Waals surface area contributed by atoms with Gasteiger partial charge in [-0.2, -0.15) is 5.10 Å². The van der Waals surface area contributed by atoms with Crippen LogP contribution in [0.2, 0.25) is 0 Å². The van der Waals surface area contributed by atoms with Crippen LogP contribution in [0, 0.1) is 17.5 Å². The molecule has 1 amide bonds. The van der Waals surface area contributed by atoms with Gasteiger partial charge in [0.2, 0.25) is 5.91 Å². The van der Waals surface area contributed by atoms with Crippen molar-refractivity contribution in [3.8, 4) is 0 Å². The first-order valence-electron chi connectivity index (χ1n) is 4.55. The Morgan fingerprint density at radius 3 is 2.61 bits per heavy atom. The van der Waals surface area contributed by atoms with Gasteiger partial charge in [-0.1, -0.05) is 11.8 Å². The van der Waals surface area contributed by atoms with Gasteiger partial charge in [0, 0.05) is 0 Å². The van der Waals surface area contributed by atoms with Crippen LogP contribution in [0.25, 0.3) is 0 Å². The van der Waals surface area contributed by atoms with E-state index in [9.17, 15) is 18.0 Å². The van der Waals surface area contributed by atoms with Crippen LogP contribution < -0.4 is 16.9 Å². The van der Waals surface area contributed by atoms with Crippen molar-refractivity contribution in [3.05, 3.63) is 29.6 Å². The Morgan fingerprint density at radius 2 is 2.00 bits per heavy atom. The number of halogens is 3. The Kier molecular flexibility index (Phi) is 4.84. The van der Waals surface area contributed by atoms with Gasteiger partial charge >= 0.3 is 0 Å². The number of carbonyl (C=O) groups excluding carboxylic acids is 1. The minimum Gasteiger partial charge on any atom is -0.377 e. The number of hydrogen-bond donors (Lipinski definition) is 3. The van der Waals surface area contributed by atoms with Gasteiger partial charge in [0.25, 0.3) is 0 Å². The number of anilines is 1. The smallest absolute Gasteiger partial charge is 0.234 e. The molecule has 0 heterocycles. The molecule has 18 heavy (non-hydrogen) atoms. The molecule has 5 N–H and O–H groups in total. The molecule has 0 saturated carbocycles. The predicted octanol–water partition coefficient (Wildman–Crippen LogP) is 0.964. The van der Waals surface area contributed by atoms with Crippen LogP contribution >= 0.6 is 11.8 Å². The Bertz CT molecular complexity index is 495. The van der Waals surface area contributed by atoms with E-state index in [1.54, 1.807) is 0 Å². The number of benzene rings is 1. The highest BCUT2D eigenvalue weighted by molar-refractivity contribution is 8.14. The third kappa shape index (κ3) is 3.55. The molecule has 0 radical (unpaired) electrons. The number of nitrogens with zero attached hydrogens (tertiary/aromatic N) is 1. The molecule has 0 aliphatic carbocycles. The third-order valence-electron chi connectivity index (χ3n) is 1.79. The van der Waals surface area contributed by atoms with E-state index >= 15 is 0 Å². The summed E-state index contributed by atoms with van der Waals surface area (Å²) in [6.45, 7) is 0.